The second-order valence-electron chi connectivity index (χ2n) is 4.05. The summed E-state index contributed by atoms with van der Waals surface area (Å²) in [5, 5.41) is 0. The van der Waals surface area contributed by atoms with Crippen molar-refractivity contribution in [2.24, 2.45) is 11.7 Å². The van der Waals surface area contributed by atoms with Crippen molar-refractivity contribution in [1.82, 2.24) is 0 Å². The summed E-state index contributed by atoms with van der Waals surface area (Å²) in [6.07, 6.45) is 4.85. The van der Waals surface area contributed by atoms with Crippen LogP contribution in [0.5, 0.6) is 0 Å². The quantitative estimate of drug-likeness (QED) is 0.678. The Morgan fingerprint density at radius 2 is 1.87 bits per heavy atom. The van der Waals surface area contributed by atoms with Gasteiger partial charge in [-0.1, -0.05) is 12.8 Å². The fraction of sp³-hybridized carbons (Fsp3) is 1.00. The van der Waals surface area contributed by atoms with E-state index in [1.807, 2.05) is 0 Å². The predicted molar refractivity (Wildman–Crippen MR) is 58.6 cm³/mol. The molecule has 2 atom stereocenters. The van der Waals surface area contributed by atoms with Crippen LogP contribution in [0.1, 0.15) is 25.7 Å². The van der Waals surface area contributed by atoms with E-state index in [-0.39, 0.29) is 12.4 Å². The minimum atomic E-state index is -0.259. The third kappa shape index (κ3) is 4.07. The summed E-state index contributed by atoms with van der Waals surface area (Å²) in [7, 11) is 3.25. The Morgan fingerprint density at radius 3 is 2.47 bits per heavy atom. The zero-order valence-corrected chi connectivity index (χ0v) is 9.78. The number of hydrogen-bond acceptors (Lipinski definition) is 4. The maximum atomic E-state index is 5.80. The van der Waals surface area contributed by atoms with Crippen molar-refractivity contribution in [2.75, 3.05) is 27.4 Å². The molecule has 0 radical (unpaired) electrons. The number of methoxy groups -OCH3 is 2. The molecule has 0 aromatic rings. The normalized spacial score (nSPS) is 27.2. The van der Waals surface area contributed by atoms with E-state index in [0.29, 0.717) is 12.5 Å². The highest BCUT2D eigenvalue weighted by Gasteiger charge is 2.25. The van der Waals surface area contributed by atoms with Crippen LogP contribution in [-0.4, -0.2) is 39.8 Å². The van der Waals surface area contributed by atoms with Gasteiger partial charge >= 0.3 is 0 Å². The van der Waals surface area contributed by atoms with Crippen molar-refractivity contribution in [1.29, 1.82) is 0 Å². The zero-order chi connectivity index (χ0) is 11.1. The van der Waals surface area contributed by atoms with Crippen molar-refractivity contribution >= 4 is 0 Å². The standard InChI is InChI=1S/C11H23NO3/c1-13-11(14-2)8-15-10-6-4-3-5-9(10)7-12/h9-11H,3-8,12H2,1-2H3. The zero-order valence-electron chi connectivity index (χ0n) is 9.78. The SMILES string of the molecule is COC(COC1CCCCC1CN)OC. The molecule has 1 fully saturated rings. The van der Waals surface area contributed by atoms with Gasteiger partial charge in [-0.05, 0) is 25.3 Å². The van der Waals surface area contributed by atoms with Crippen LogP contribution < -0.4 is 5.73 Å². The molecule has 0 aromatic carbocycles. The first-order valence-electron chi connectivity index (χ1n) is 5.69. The van der Waals surface area contributed by atoms with Crippen molar-refractivity contribution in [2.45, 2.75) is 38.1 Å². The molecule has 0 spiro atoms. The van der Waals surface area contributed by atoms with Crippen LogP contribution in [0.3, 0.4) is 0 Å². The minimum Gasteiger partial charge on any atom is -0.373 e. The summed E-state index contributed by atoms with van der Waals surface area (Å²) in [5.74, 6) is 0.508. The van der Waals surface area contributed by atoms with E-state index in [1.54, 1.807) is 14.2 Å². The summed E-state index contributed by atoms with van der Waals surface area (Å²) in [5.41, 5.74) is 5.72. The minimum absolute atomic E-state index is 0.259. The topological polar surface area (TPSA) is 53.7 Å². The van der Waals surface area contributed by atoms with Crippen LogP contribution >= 0.6 is 0 Å². The first kappa shape index (κ1) is 12.9. The molecule has 2 unspecified atom stereocenters. The van der Waals surface area contributed by atoms with Crippen molar-refractivity contribution in [3.05, 3.63) is 0 Å². The van der Waals surface area contributed by atoms with Crippen LogP contribution in [0.15, 0.2) is 0 Å². The summed E-state index contributed by atoms with van der Waals surface area (Å²) in [4.78, 5) is 0. The molecule has 1 aliphatic rings. The van der Waals surface area contributed by atoms with Crippen LogP contribution in [-0.2, 0) is 14.2 Å². The highest BCUT2D eigenvalue weighted by atomic mass is 16.7. The maximum Gasteiger partial charge on any atom is 0.180 e. The Morgan fingerprint density at radius 1 is 1.20 bits per heavy atom. The molecule has 4 nitrogen and oxygen atoms in total. The highest BCUT2D eigenvalue weighted by molar-refractivity contribution is 4.76. The van der Waals surface area contributed by atoms with Crippen LogP contribution in [0, 0.1) is 5.92 Å². The highest BCUT2D eigenvalue weighted by Crippen LogP contribution is 2.26. The van der Waals surface area contributed by atoms with Crippen molar-refractivity contribution in [3.63, 3.8) is 0 Å². The number of hydrogen-bond donors (Lipinski definition) is 1. The summed E-state index contributed by atoms with van der Waals surface area (Å²) in [6.45, 7) is 1.21. The van der Waals surface area contributed by atoms with Gasteiger partial charge in [-0.3, -0.25) is 0 Å². The fourth-order valence-electron chi connectivity index (χ4n) is 2.10. The molecule has 0 heterocycles. The van der Waals surface area contributed by atoms with E-state index in [1.165, 1.54) is 19.3 Å². The van der Waals surface area contributed by atoms with E-state index in [4.69, 9.17) is 19.9 Å². The van der Waals surface area contributed by atoms with Crippen LogP contribution in [0.25, 0.3) is 0 Å². The second kappa shape index (κ2) is 7.17. The number of ether oxygens (including phenoxy) is 3. The van der Waals surface area contributed by atoms with Gasteiger partial charge in [-0.25, -0.2) is 0 Å². The molecular weight excluding hydrogens is 194 g/mol. The van der Waals surface area contributed by atoms with Crippen LogP contribution in [0.2, 0.25) is 0 Å². The van der Waals surface area contributed by atoms with Gasteiger partial charge in [-0.15, -0.1) is 0 Å². The van der Waals surface area contributed by atoms with Gasteiger partial charge in [0.25, 0.3) is 0 Å². The molecule has 0 bridgehead atoms. The smallest absolute Gasteiger partial charge is 0.180 e. The second-order valence-corrected chi connectivity index (χ2v) is 4.05. The van der Waals surface area contributed by atoms with E-state index < -0.39 is 0 Å². The van der Waals surface area contributed by atoms with Gasteiger partial charge < -0.3 is 19.9 Å². The largest absolute Gasteiger partial charge is 0.373 e. The molecule has 0 aliphatic heterocycles. The molecule has 4 heteroatoms. The predicted octanol–water partition coefficient (Wildman–Crippen LogP) is 1.14. The van der Waals surface area contributed by atoms with E-state index in [0.717, 1.165) is 13.0 Å². The van der Waals surface area contributed by atoms with Crippen molar-refractivity contribution < 1.29 is 14.2 Å². The third-order valence-electron chi connectivity index (χ3n) is 3.11. The molecule has 0 amide bonds. The van der Waals surface area contributed by atoms with Gasteiger partial charge in [0.15, 0.2) is 6.29 Å². The summed E-state index contributed by atoms with van der Waals surface area (Å²) >= 11 is 0. The molecule has 0 saturated heterocycles. The van der Waals surface area contributed by atoms with Gasteiger partial charge in [0.05, 0.1) is 12.7 Å². The van der Waals surface area contributed by atoms with Crippen LogP contribution in [0.4, 0.5) is 0 Å². The fourth-order valence-corrected chi connectivity index (χ4v) is 2.10. The van der Waals surface area contributed by atoms with Gasteiger partial charge in [0, 0.05) is 14.2 Å². The van der Waals surface area contributed by atoms with Gasteiger partial charge in [0.1, 0.15) is 0 Å². The maximum absolute atomic E-state index is 5.80. The Kier molecular flexibility index (Phi) is 6.17. The first-order valence-corrected chi connectivity index (χ1v) is 5.69. The third-order valence-corrected chi connectivity index (χ3v) is 3.11. The lowest BCUT2D eigenvalue weighted by atomic mass is 9.86. The van der Waals surface area contributed by atoms with E-state index >= 15 is 0 Å². The van der Waals surface area contributed by atoms with E-state index in [2.05, 4.69) is 0 Å². The lowest BCUT2D eigenvalue weighted by Gasteiger charge is -2.31. The van der Waals surface area contributed by atoms with Gasteiger partial charge in [0.2, 0.25) is 0 Å². The Bertz CT molecular complexity index is 162. The molecule has 1 aliphatic carbocycles. The summed E-state index contributed by atoms with van der Waals surface area (Å²) < 4.78 is 16.0. The van der Waals surface area contributed by atoms with Crippen molar-refractivity contribution in [3.8, 4) is 0 Å². The Labute approximate surface area is 92.1 Å². The first-order chi connectivity index (χ1) is 7.31. The van der Waals surface area contributed by atoms with Gasteiger partial charge in [-0.2, -0.15) is 0 Å². The lowest BCUT2D eigenvalue weighted by Crippen LogP contribution is -2.35. The molecule has 90 valence electrons. The summed E-state index contributed by atoms with van der Waals surface area (Å²) in [6, 6.07) is 0. The number of nitrogens with two attached hydrogens (primary N) is 1. The Hall–Kier alpha value is -0.160. The van der Waals surface area contributed by atoms with E-state index in [9.17, 15) is 0 Å². The average molecular weight is 217 g/mol. The molecule has 1 saturated carbocycles. The monoisotopic (exact) mass is 217 g/mol. The Balaban J connectivity index is 2.28. The molecule has 15 heavy (non-hydrogen) atoms. The average Bonchev–Trinajstić information content (AvgIpc) is 2.31. The molecule has 1 rings (SSSR count). The lowest BCUT2D eigenvalue weighted by molar-refractivity contribution is -0.160. The molecular formula is C11H23NO3. The molecule has 0 aromatic heterocycles. The number of rotatable bonds is 6. The molecule has 2 N–H and O–H groups in total.